The van der Waals surface area contributed by atoms with Gasteiger partial charge >= 0.3 is 0 Å². The maximum Gasteiger partial charge on any atom is 0.0595 e. The molecule has 0 saturated heterocycles. The van der Waals surface area contributed by atoms with Gasteiger partial charge in [0.05, 0.1) is 10.0 Å². The molecule has 1 aliphatic rings. The van der Waals surface area contributed by atoms with Crippen LogP contribution in [-0.2, 0) is 0 Å². The minimum Gasteiger partial charge on any atom is -0.307 e. The quantitative estimate of drug-likeness (QED) is 0.761. The molecule has 0 radical (unpaired) electrons. The van der Waals surface area contributed by atoms with Crippen molar-refractivity contribution in [3.63, 3.8) is 0 Å². The lowest BCUT2D eigenvalue weighted by Crippen LogP contribution is -2.36. The van der Waals surface area contributed by atoms with Crippen molar-refractivity contribution < 1.29 is 0 Å². The van der Waals surface area contributed by atoms with Gasteiger partial charge in [-0.15, -0.1) is 0 Å². The number of hydrogen-bond acceptors (Lipinski definition) is 1. The third kappa shape index (κ3) is 4.11. The summed E-state index contributed by atoms with van der Waals surface area (Å²) < 4.78 is 0. The summed E-state index contributed by atoms with van der Waals surface area (Å²) in [5, 5.41) is 4.97. The number of hydrogen-bond donors (Lipinski definition) is 1. The van der Waals surface area contributed by atoms with Crippen LogP contribution in [0.25, 0.3) is 0 Å². The molecule has 0 spiro atoms. The van der Waals surface area contributed by atoms with E-state index >= 15 is 0 Å². The molecule has 0 amide bonds. The van der Waals surface area contributed by atoms with Crippen LogP contribution in [0.4, 0.5) is 0 Å². The van der Waals surface area contributed by atoms with Crippen molar-refractivity contribution in [2.24, 2.45) is 5.92 Å². The first kappa shape index (κ1) is 15.2. The van der Waals surface area contributed by atoms with Crippen LogP contribution in [0.15, 0.2) is 18.2 Å². The summed E-state index contributed by atoms with van der Waals surface area (Å²) >= 11 is 12.0. The van der Waals surface area contributed by atoms with E-state index in [1.165, 1.54) is 37.7 Å². The Labute approximate surface area is 126 Å². The lowest BCUT2D eigenvalue weighted by molar-refractivity contribution is 0.268. The number of nitrogens with one attached hydrogen (secondary N) is 1. The summed E-state index contributed by atoms with van der Waals surface area (Å²) in [6, 6.07) is 6.77. The monoisotopic (exact) mass is 299 g/mol. The van der Waals surface area contributed by atoms with Gasteiger partial charge < -0.3 is 5.32 Å². The Kier molecular flexibility index (Phi) is 5.56. The third-order valence-corrected chi connectivity index (χ3v) is 5.05. The van der Waals surface area contributed by atoms with Gasteiger partial charge in [-0.1, -0.05) is 48.5 Å². The van der Waals surface area contributed by atoms with E-state index in [1.54, 1.807) is 0 Å². The van der Waals surface area contributed by atoms with Crippen molar-refractivity contribution in [1.82, 2.24) is 5.32 Å². The van der Waals surface area contributed by atoms with Gasteiger partial charge in [0.1, 0.15) is 0 Å². The molecule has 1 aromatic rings. The van der Waals surface area contributed by atoms with Crippen molar-refractivity contribution in [2.45, 2.75) is 58.0 Å². The van der Waals surface area contributed by atoms with Crippen molar-refractivity contribution in [2.75, 3.05) is 0 Å². The van der Waals surface area contributed by atoms with Crippen molar-refractivity contribution in [3.8, 4) is 0 Å². The molecule has 1 nitrogen and oxygen atoms in total. The predicted octanol–water partition coefficient (Wildman–Crippen LogP) is 5.61. The van der Waals surface area contributed by atoms with Crippen LogP contribution in [0.2, 0.25) is 10.0 Å². The number of rotatable bonds is 4. The Hall–Kier alpha value is -0.240. The van der Waals surface area contributed by atoms with Gasteiger partial charge in [0.2, 0.25) is 0 Å². The molecule has 3 heteroatoms. The molecule has 1 aliphatic carbocycles. The molecule has 19 heavy (non-hydrogen) atoms. The highest BCUT2D eigenvalue weighted by Crippen LogP contribution is 2.29. The second-order valence-electron chi connectivity index (χ2n) is 5.75. The highest BCUT2D eigenvalue weighted by molar-refractivity contribution is 6.42. The highest BCUT2D eigenvalue weighted by Gasteiger charge is 2.21. The van der Waals surface area contributed by atoms with E-state index in [4.69, 9.17) is 23.2 Å². The molecule has 1 fully saturated rings. The molecule has 0 aliphatic heterocycles. The lowest BCUT2D eigenvalue weighted by atomic mass is 9.84. The fraction of sp³-hybridized carbons (Fsp3) is 0.625. The van der Waals surface area contributed by atoms with Gasteiger partial charge in [0, 0.05) is 12.1 Å². The predicted molar refractivity (Wildman–Crippen MR) is 84.0 cm³/mol. The average molecular weight is 300 g/mol. The SMILES string of the molecule is CC(N[C@@H](C)C1CCCCC1)c1ccc(Cl)c(Cl)c1. The number of halogens is 2. The first-order valence-corrected chi connectivity index (χ1v) is 8.04. The van der Waals surface area contributed by atoms with E-state index in [2.05, 4.69) is 25.2 Å². The Morgan fingerprint density at radius 2 is 1.74 bits per heavy atom. The molecule has 0 heterocycles. The third-order valence-electron chi connectivity index (χ3n) is 4.31. The zero-order valence-corrected chi connectivity index (χ0v) is 13.3. The summed E-state index contributed by atoms with van der Waals surface area (Å²) in [5.41, 5.74) is 1.21. The summed E-state index contributed by atoms with van der Waals surface area (Å²) in [7, 11) is 0. The van der Waals surface area contributed by atoms with Crippen molar-refractivity contribution in [1.29, 1.82) is 0 Å². The van der Waals surface area contributed by atoms with Gasteiger partial charge in [-0.2, -0.15) is 0 Å². The van der Waals surface area contributed by atoms with Gasteiger partial charge in [-0.05, 0) is 50.3 Å². The van der Waals surface area contributed by atoms with Crippen molar-refractivity contribution in [3.05, 3.63) is 33.8 Å². The molecule has 0 bridgehead atoms. The van der Waals surface area contributed by atoms with Crippen LogP contribution >= 0.6 is 23.2 Å². The summed E-state index contributed by atoms with van der Waals surface area (Å²) in [6.07, 6.45) is 6.91. The Morgan fingerprint density at radius 1 is 1.05 bits per heavy atom. The van der Waals surface area contributed by atoms with Crippen molar-refractivity contribution >= 4 is 23.2 Å². The second-order valence-corrected chi connectivity index (χ2v) is 6.56. The van der Waals surface area contributed by atoms with Gasteiger partial charge in [0.25, 0.3) is 0 Å². The zero-order valence-electron chi connectivity index (χ0n) is 11.8. The van der Waals surface area contributed by atoms with Crippen LogP contribution in [-0.4, -0.2) is 6.04 Å². The lowest BCUT2D eigenvalue weighted by Gasteiger charge is -2.31. The van der Waals surface area contributed by atoms with E-state index < -0.39 is 0 Å². The largest absolute Gasteiger partial charge is 0.307 e. The molecule has 0 aromatic heterocycles. The van der Waals surface area contributed by atoms with E-state index in [0.717, 1.165) is 5.92 Å². The van der Waals surface area contributed by atoms with E-state index in [1.807, 2.05) is 12.1 Å². The molecular weight excluding hydrogens is 277 g/mol. The van der Waals surface area contributed by atoms with E-state index in [9.17, 15) is 0 Å². The van der Waals surface area contributed by atoms with Crippen LogP contribution < -0.4 is 5.32 Å². The topological polar surface area (TPSA) is 12.0 Å². The zero-order chi connectivity index (χ0) is 13.8. The minimum atomic E-state index is 0.312. The summed E-state index contributed by atoms with van der Waals surface area (Å²) in [6.45, 7) is 4.50. The van der Waals surface area contributed by atoms with Crippen LogP contribution in [0.3, 0.4) is 0 Å². The van der Waals surface area contributed by atoms with Crippen LogP contribution in [0.1, 0.15) is 57.6 Å². The fourth-order valence-corrected chi connectivity index (χ4v) is 3.35. The standard InChI is InChI=1S/C16H23Cl2N/c1-11(13-6-4-3-5-7-13)19-12(2)14-8-9-15(17)16(18)10-14/h8-13,19H,3-7H2,1-2H3/t11-,12?/m0/s1. The summed E-state index contributed by atoms with van der Waals surface area (Å²) in [5.74, 6) is 0.818. The molecule has 1 N–H and O–H groups in total. The van der Waals surface area contributed by atoms with E-state index in [0.29, 0.717) is 22.1 Å². The average Bonchev–Trinajstić information content (AvgIpc) is 2.42. The van der Waals surface area contributed by atoms with Crippen LogP contribution in [0.5, 0.6) is 0 Å². The maximum atomic E-state index is 6.08. The number of benzene rings is 1. The molecular formula is C16H23Cl2N. The Balaban J connectivity index is 1.95. The molecule has 2 atom stereocenters. The Morgan fingerprint density at radius 3 is 2.37 bits per heavy atom. The fourth-order valence-electron chi connectivity index (χ4n) is 3.04. The molecule has 2 rings (SSSR count). The van der Waals surface area contributed by atoms with Crippen LogP contribution in [0, 0.1) is 5.92 Å². The smallest absolute Gasteiger partial charge is 0.0595 e. The normalized spacial score (nSPS) is 20.2. The maximum absolute atomic E-state index is 6.08. The Bertz CT molecular complexity index is 413. The van der Waals surface area contributed by atoms with Gasteiger partial charge in [-0.3, -0.25) is 0 Å². The first-order valence-electron chi connectivity index (χ1n) is 7.29. The molecule has 1 aromatic carbocycles. The molecule has 1 saturated carbocycles. The highest BCUT2D eigenvalue weighted by atomic mass is 35.5. The minimum absolute atomic E-state index is 0.312. The summed E-state index contributed by atoms with van der Waals surface area (Å²) in [4.78, 5) is 0. The molecule has 1 unspecified atom stereocenters. The van der Waals surface area contributed by atoms with Gasteiger partial charge in [-0.25, -0.2) is 0 Å². The first-order chi connectivity index (χ1) is 9.08. The van der Waals surface area contributed by atoms with Gasteiger partial charge in [0.15, 0.2) is 0 Å². The second kappa shape index (κ2) is 6.97. The molecule has 106 valence electrons. The van der Waals surface area contributed by atoms with E-state index in [-0.39, 0.29) is 0 Å².